The monoisotopic (exact) mass is 390 g/mol. The van der Waals surface area contributed by atoms with E-state index < -0.39 is 0 Å². The highest BCUT2D eigenvalue weighted by molar-refractivity contribution is 7.13. The highest BCUT2D eigenvalue weighted by atomic mass is 32.1. The minimum atomic E-state index is -0.211. The molecular weight excluding hydrogens is 368 g/mol. The van der Waals surface area contributed by atoms with Crippen LogP contribution in [-0.2, 0) is 4.79 Å². The molecule has 2 N–H and O–H groups in total. The summed E-state index contributed by atoms with van der Waals surface area (Å²) >= 11 is 1.39. The van der Waals surface area contributed by atoms with E-state index in [2.05, 4.69) is 15.6 Å². The van der Waals surface area contributed by atoms with Crippen molar-refractivity contribution in [2.45, 2.75) is 12.8 Å². The third kappa shape index (κ3) is 4.68. The van der Waals surface area contributed by atoms with Crippen LogP contribution in [0.4, 0.5) is 15.6 Å². The van der Waals surface area contributed by atoms with Crippen molar-refractivity contribution in [3.05, 3.63) is 29.8 Å². The molecule has 0 aliphatic carbocycles. The number of carbonyl (C=O) groups is 2. The smallest absolute Gasteiger partial charge is 0.321 e. The van der Waals surface area contributed by atoms with Crippen molar-refractivity contribution in [3.8, 4) is 11.5 Å². The molecule has 1 saturated heterocycles. The quantitative estimate of drug-likeness (QED) is 0.819. The molecule has 0 saturated carbocycles. The number of nitrogens with one attached hydrogen (secondary N) is 2. The van der Waals surface area contributed by atoms with Gasteiger partial charge in [-0.3, -0.25) is 4.79 Å². The van der Waals surface area contributed by atoms with Gasteiger partial charge in [-0.2, -0.15) is 0 Å². The number of rotatable bonds is 5. The fourth-order valence-electron chi connectivity index (χ4n) is 2.93. The summed E-state index contributed by atoms with van der Waals surface area (Å²) in [6, 6.07) is 5.00. The molecule has 1 aliphatic rings. The summed E-state index contributed by atoms with van der Waals surface area (Å²) in [7, 11) is 3.11. The van der Waals surface area contributed by atoms with Gasteiger partial charge in [0.1, 0.15) is 11.5 Å². The SMILES string of the molecule is COc1ccc(NC(=O)N2CCC(C(=O)Nc3nccs3)CC2)c(OC)c1. The zero-order valence-electron chi connectivity index (χ0n) is 15.2. The Labute approximate surface area is 161 Å². The number of likely N-dealkylation sites (tertiary alicyclic amines) is 1. The van der Waals surface area contributed by atoms with Gasteiger partial charge in [0.15, 0.2) is 5.13 Å². The first-order valence-corrected chi connectivity index (χ1v) is 9.47. The molecule has 1 aliphatic heterocycles. The molecule has 2 aromatic rings. The summed E-state index contributed by atoms with van der Waals surface area (Å²) < 4.78 is 10.5. The van der Waals surface area contributed by atoms with E-state index in [4.69, 9.17) is 9.47 Å². The van der Waals surface area contributed by atoms with E-state index in [1.54, 1.807) is 36.4 Å². The van der Waals surface area contributed by atoms with E-state index in [1.807, 2.05) is 5.38 Å². The van der Waals surface area contributed by atoms with E-state index in [0.29, 0.717) is 48.2 Å². The lowest BCUT2D eigenvalue weighted by atomic mass is 9.96. The Kier molecular flexibility index (Phi) is 6.12. The topological polar surface area (TPSA) is 92.8 Å². The summed E-state index contributed by atoms with van der Waals surface area (Å²) in [6.07, 6.45) is 2.88. The van der Waals surface area contributed by atoms with E-state index >= 15 is 0 Å². The van der Waals surface area contributed by atoms with Crippen LogP contribution in [0.25, 0.3) is 0 Å². The van der Waals surface area contributed by atoms with Crippen LogP contribution in [0.15, 0.2) is 29.8 Å². The van der Waals surface area contributed by atoms with E-state index in [1.165, 1.54) is 18.4 Å². The summed E-state index contributed by atoms with van der Waals surface area (Å²) in [5.74, 6) is 1.02. The second-order valence-electron chi connectivity index (χ2n) is 6.08. The molecule has 0 radical (unpaired) electrons. The minimum Gasteiger partial charge on any atom is -0.497 e. The second-order valence-corrected chi connectivity index (χ2v) is 6.98. The van der Waals surface area contributed by atoms with Crippen molar-refractivity contribution >= 4 is 34.1 Å². The van der Waals surface area contributed by atoms with Gasteiger partial charge in [0, 0.05) is 36.7 Å². The number of piperidine rings is 1. The number of nitrogens with zero attached hydrogens (tertiary/aromatic N) is 2. The number of benzene rings is 1. The number of aromatic nitrogens is 1. The first kappa shape index (κ1) is 19.0. The lowest BCUT2D eigenvalue weighted by Gasteiger charge is -2.31. The third-order valence-corrected chi connectivity index (χ3v) is 5.15. The van der Waals surface area contributed by atoms with Gasteiger partial charge in [-0.1, -0.05) is 0 Å². The predicted molar refractivity (Wildman–Crippen MR) is 104 cm³/mol. The molecule has 0 unspecified atom stereocenters. The zero-order valence-corrected chi connectivity index (χ0v) is 16.0. The van der Waals surface area contributed by atoms with Gasteiger partial charge in [-0.15, -0.1) is 11.3 Å². The number of urea groups is 1. The van der Waals surface area contributed by atoms with Crippen LogP contribution in [-0.4, -0.2) is 49.1 Å². The van der Waals surface area contributed by atoms with Crippen LogP contribution in [0.2, 0.25) is 0 Å². The number of carbonyl (C=O) groups excluding carboxylic acids is 2. The maximum Gasteiger partial charge on any atom is 0.321 e. The molecule has 1 aromatic carbocycles. The lowest BCUT2D eigenvalue weighted by Crippen LogP contribution is -2.43. The molecule has 0 spiro atoms. The van der Waals surface area contributed by atoms with Crippen LogP contribution in [0, 0.1) is 5.92 Å². The number of thiazole rings is 1. The van der Waals surface area contributed by atoms with Gasteiger partial charge in [0.25, 0.3) is 0 Å². The number of ether oxygens (including phenoxy) is 2. The summed E-state index contributed by atoms with van der Waals surface area (Å²) in [4.78, 5) is 30.6. The van der Waals surface area contributed by atoms with E-state index in [-0.39, 0.29) is 17.9 Å². The van der Waals surface area contributed by atoms with Crippen LogP contribution in [0.1, 0.15) is 12.8 Å². The average molecular weight is 390 g/mol. The number of hydrogen-bond acceptors (Lipinski definition) is 6. The van der Waals surface area contributed by atoms with Gasteiger partial charge in [-0.05, 0) is 25.0 Å². The maximum atomic E-state index is 12.5. The first-order valence-electron chi connectivity index (χ1n) is 8.59. The van der Waals surface area contributed by atoms with E-state index in [0.717, 1.165) is 0 Å². The van der Waals surface area contributed by atoms with Crippen LogP contribution >= 0.6 is 11.3 Å². The molecule has 3 rings (SSSR count). The van der Waals surface area contributed by atoms with Gasteiger partial charge in [0.05, 0.1) is 19.9 Å². The predicted octanol–water partition coefficient (Wildman–Crippen LogP) is 3.04. The molecule has 0 bridgehead atoms. The van der Waals surface area contributed by atoms with Crippen LogP contribution in [0.5, 0.6) is 11.5 Å². The summed E-state index contributed by atoms with van der Waals surface area (Å²) in [5.41, 5.74) is 0.576. The van der Waals surface area contributed by atoms with E-state index in [9.17, 15) is 9.59 Å². The molecule has 144 valence electrons. The Balaban J connectivity index is 1.53. The number of amides is 3. The van der Waals surface area contributed by atoms with Gasteiger partial charge < -0.3 is 25.0 Å². The average Bonchev–Trinajstić information content (AvgIpc) is 3.21. The highest BCUT2D eigenvalue weighted by Gasteiger charge is 2.28. The summed E-state index contributed by atoms with van der Waals surface area (Å²) in [5, 5.41) is 8.10. The van der Waals surface area contributed by atoms with Crippen molar-refractivity contribution in [3.63, 3.8) is 0 Å². The number of hydrogen-bond donors (Lipinski definition) is 2. The van der Waals surface area contributed by atoms with Crippen molar-refractivity contribution in [2.75, 3.05) is 37.9 Å². The van der Waals surface area contributed by atoms with Crippen molar-refractivity contribution in [1.29, 1.82) is 0 Å². The van der Waals surface area contributed by atoms with Gasteiger partial charge >= 0.3 is 6.03 Å². The standard InChI is InChI=1S/C18H22N4O4S/c1-25-13-3-4-14(15(11-13)26-2)20-18(24)22-8-5-12(6-9-22)16(23)21-17-19-7-10-27-17/h3-4,7,10-12H,5-6,8-9H2,1-2H3,(H,20,24)(H,19,21,23). The zero-order chi connectivity index (χ0) is 19.2. The summed E-state index contributed by atoms with van der Waals surface area (Å²) in [6.45, 7) is 1.03. The Morgan fingerprint density at radius 1 is 1.19 bits per heavy atom. The number of methoxy groups -OCH3 is 2. The van der Waals surface area contributed by atoms with Gasteiger partial charge in [0.2, 0.25) is 5.91 Å². The first-order chi connectivity index (χ1) is 13.1. The van der Waals surface area contributed by atoms with Gasteiger partial charge in [-0.25, -0.2) is 9.78 Å². The third-order valence-electron chi connectivity index (χ3n) is 4.47. The fraction of sp³-hybridized carbons (Fsp3) is 0.389. The second kappa shape index (κ2) is 8.72. The molecule has 3 amide bonds. The molecule has 27 heavy (non-hydrogen) atoms. The largest absolute Gasteiger partial charge is 0.497 e. The Morgan fingerprint density at radius 3 is 2.59 bits per heavy atom. The van der Waals surface area contributed by atoms with Crippen molar-refractivity contribution in [1.82, 2.24) is 9.88 Å². The molecule has 1 aromatic heterocycles. The molecule has 1 fully saturated rings. The molecule has 0 atom stereocenters. The van der Waals surface area contributed by atoms with Crippen LogP contribution in [0.3, 0.4) is 0 Å². The maximum absolute atomic E-state index is 12.5. The van der Waals surface area contributed by atoms with Crippen LogP contribution < -0.4 is 20.1 Å². The molecular formula is C18H22N4O4S. The normalized spacial score (nSPS) is 14.5. The molecule has 2 heterocycles. The molecule has 9 heteroatoms. The minimum absolute atomic E-state index is 0.0400. The number of anilines is 2. The fourth-order valence-corrected chi connectivity index (χ4v) is 3.47. The Morgan fingerprint density at radius 2 is 1.96 bits per heavy atom. The molecule has 8 nitrogen and oxygen atoms in total. The lowest BCUT2D eigenvalue weighted by molar-refractivity contribution is -0.121. The van der Waals surface area contributed by atoms with Crippen molar-refractivity contribution in [2.24, 2.45) is 5.92 Å². The highest BCUT2D eigenvalue weighted by Crippen LogP contribution is 2.29. The Hall–Kier alpha value is -2.81. The Bertz CT molecular complexity index is 789. The van der Waals surface area contributed by atoms with Crippen molar-refractivity contribution < 1.29 is 19.1 Å².